The minimum absolute atomic E-state index is 0.0661. The maximum absolute atomic E-state index is 12.1. The average Bonchev–Trinajstić information content (AvgIpc) is 2.69. The molecule has 1 aromatic heterocycles. The minimum Gasteiger partial charge on any atom is -0.495 e. The Hall–Kier alpha value is -3.05. The monoisotopic (exact) mass is 381 g/mol. The van der Waals surface area contributed by atoms with E-state index in [-0.39, 0.29) is 5.91 Å². The third-order valence-corrected chi connectivity index (χ3v) is 4.19. The number of halogens is 1. The van der Waals surface area contributed by atoms with Crippen LogP contribution in [-0.4, -0.2) is 18.0 Å². The lowest BCUT2D eigenvalue weighted by atomic mass is 10.1. The molecular formula is C21H20ClN3O2. The van der Waals surface area contributed by atoms with Gasteiger partial charge in [0.1, 0.15) is 11.6 Å². The van der Waals surface area contributed by atoms with Gasteiger partial charge in [0.25, 0.3) is 0 Å². The standard InChI is InChI=1S/C21H20ClN3O2/c1-27-19-10-8-16(22)13-18(19)24-17-9-11-20(23-14-17)25-21(26)12-7-15-5-3-2-4-6-15/h2-6,8-11,13-14,24H,7,12H2,1H3,(H,23,25,26). The normalized spacial score (nSPS) is 10.3. The average molecular weight is 382 g/mol. The molecule has 138 valence electrons. The van der Waals surface area contributed by atoms with E-state index in [0.717, 1.165) is 16.9 Å². The van der Waals surface area contributed by atoms with Crippen LogP contribution in [0.3, 0.4) is 0 Å². The first-order chi connectivity index (χ1) is 13.1. The summed E-state index contributed by atoms with van der Waals surface area (Å²) >= 11 is 6.04. The summed E-state index contributed by atoms with van der Waals surface area (Å²) in [6.45, 7) is 0. The highest BCUT2D eigenvalue weighted by Crippen LogP contribution is 2.30. The number of rotatable bonds is 7. The Kier molecular flexibility index (Phi) is 6.28. The van der Waals surface area contributed by atoms with E-state index in [1.807, 2.05) is 36.4 Å². The number of carbonyl (C=O) groups is 1. The van der Waals surface area contributed by atoms with Crippen LogP contribution in [0.25, 0.3) is 0 Å². The summed E-state index contributed by atoms with van der Waals surface area (Å²) in [5, 5.41) is 6.62. The van der Waals surface area contributed by atoms with Crippen molar-refractivity contribution in [2.24, 2.45) is 0 Å². The lowest BCUT2D eigenvalue weighted by molar-refractivity contribution is -0.116. The number of pyridine rings is 1. The largest absolute Gasteiger partial charge is 0.495 e. The number of amides is 1. The molecule has 6 heteroatoms. The van der Waals surface area contributed by atoms with Crippen molar-refractivity contribution >= 4 is 34.7 Å². The second-order valence-electron chi connectivity index (χ2n) is 5.94. The summed E-state index contributed by atoms with van der Waals surface area (Å²) in [5.74, 6) is 1.12. The zero-order chi connectivity index (χ0) is 19.1. The molecule has 0 saturated carbocycles. The summed E-state index contributed by atoms with van der Waals surface area (Å²) in [4.78, 5) is 16.4. The molecule has 0 aliphatic heterocycles. The summed E-state index contributed by atoms with van der Waals surface area (Å²) in [7, 11) is 1.60. The number of aromatic nitrogens is 1. The highest BCUT2D eigenvalue weighted by atomic mass is 35.5. The Morgan fingerprint density at radius 1 is 1.11 bits per heavy atom. The van der Waals surface area contributed by atoms with Crippen LogP contribution in [0, 0.1) is 0 Å². The first-order valence-electron chi connectivity index (χ1n) is 8.54. The molecule has 3 rings (SSSR count). The van der Waals surface area contributed by atoms with Crippen LogP contribution < -0.4 is 15.4 Å². The third kappa shape index (κ3) is 5.46. The van der Waals surface area contributed by atoms with Gasteiger partial charge in [-0.1, -0.05) is 41.9 Å². The van der Waals surface area contributed by atoms with Crippen molar-refractivity contribution in [2.45, 2.75) is 12.8 Å². The van der Waals surface area contributed by atoms with Gasteiger partial charge in [-0.3, -0.25) is 4.79 Å². The maximum atomic E-state index is 12.1. The Labute approximate surface area is 163 Å². The molecule has 0 atom stereocenters. The third-order valence-electron chi connectivity index (χ3n) is 3.96. The van der Waals surface area contributed by atoms with Gasteiger partial charge in [0.15, 0.2) is 0 Å². The Morgan fingerprint density at radius 2 is 1.93 bits per heavy atom. The highest BCUT2D eigenvalue weighted by molar-refractivity contribution is 6.31. The predicted octanol–water partition coefficient (Wildman–Crippen LogP) is 5.06. The number of nitrogens with one attached hydrogen (secondary N) is 2. The number of hydrogen-bond acceptors (Lipinski definition) is 4. The molecule has 0 saturated heterocycles. The van der Waals surface area contributed by atoms with Crippen molar-refractivity contribution in [1.82, 2.24) is 4.98 Å². The van der Waals surface area contributed by atoms with Gasteiger partial charge < -0.3 is 15.4 Å². The van der Waals surface area contributed by atoms with E-state index in [0.29, 0.717) is 29.4 Å². The van der Waals surface area contributed by atoms with Crippen LogP contribution in [-0.2, 0) is 11.2 Å². The quantitative estimate of drug-likeness (QED) is 0.600. The zero-order valence-electron chi connectivity index (χ0n) is 14.9. The molecule has 2 N–H and O–H groups in total. The maximum Gasteiger partial charge on any atom is 0.225 e. The van der Waals surface area contributed by atoms with Gasteiger partial charge in [0, 0.05) is 11.4 Å². The fourth-order valence-electron chi connectivity index (χ4n) is 2.58. The molecule has 0 spiro atoms. The van der Waals surface area contributed by atoms with E-state index in [1.165, 1.54) is 0 Å². The molecule has 27 heavy (non-hydrogen) atoms. The van der Waals surface area contributed by atoms with E-state index in [2.05, 4.69) is 15.6 Å². The molecule has 5 nitrogen and oxygen atoms in total. The Balaban J connectivity index is 1.57. The fraction of sp³-hybridized carbons (Fsp3) is 0.143. The van der Waals surface area contributed by atoms with Gasteiger partial charge in [-0.05, 0) is 42.3 Å². The number of hydrogen-bond donors (Lipinski definition) is 2. The second-order valence-corrected chi connectivity index (χ2v) is 6.37. The molecule has 0 aliphatic carbocycles. The number of ether oxygens (including phenoxy) is 1. The molecule has 0 radical (unpaired) electrons. The van der Waals surface area contributed by atoms with E-state index in [4.69, 9.17) is 16.3 Å². The molecule has 1 heterocycles. The predicted molar refractivity (Wildman–Crippen MR) is 109 cm³/mol. The summed E-state index contributed by atoms with van der Waals surface area (Å²) in [6, 6.07) is 18.8. The SMILES string of the molecule is COc1ccc(Cl)cc1Nc1ccc(NC(=O)CCc2ccccc2)nc1. The second kappa shape index (κ2) is 9.05. The lowest BCUT2D eigenvalue weighted by Crippen LogP contribution is -2.13. The van der Waals surface area contributed by atoms with Gasteiger partial charge >= 0.3 is 0 Å². The van der Waals surface area contributed by atoms with Crippen LogP contribution >= 0.6 is 11.6 Å². The number of anilines is 3. The summed E-state index contributed by atoms with van der Waals surface area (Å²) in [6.07, 6.45) is 2.75. The molecular weight excluding hydrogens is 362 g/mol. The lowest BCUT2D eigenvalue weighted by Gasteiger charge is -2.12. The van der Waals surface area contributed by atoms with E-state index in [9.17, 15) is 4.79 Å². The first kappa shape index (κ1) is 18.7. The van der Waals surface area contributed by atoms with E-state index in [1.54, 1.807) is 37.6 Å². The van der Waals surface area contributed by atoms with Gasteiger partial charge in [-0.2, -0.15) is 0 Å². The fourth-order valence-corrected chi connectivity index (χ4v) is 2.76. The van der Waals surface area contributed by atoms with Crippen molar-refractivity contribution in [3.8, 4) is 5.75 Å². The highest BCUT2D eigenvalue weighted by Gasteiger charge is 2.07. The van der Waals surface area contributed by atoms with Crippen LogP contribution in [0.15, 0.2) is 66.9 Å². The molecule has 2 aromatic carbocycles. The minimum atomic E-state index is -0.0661. The van der Waals surface area contributed by atoms with Crippen LogP contribution in [0.2, 0.25) is 5.02 Å². The number of methoxy groups -OCH3 is 1. The summed E-state index contributed by atoms with van der Waals surface area (Å²) in [5.41, 5.74) is 2.64. The number of carbonyl (C=O) groups excluding carboxylic acids is 1. The van der Waals surface area contributed by atoms with Gasteiger partial charge in [0.2, 0.25) is 5.91 Å². The molecule has 1 amide bonds. The number of nitrogens with zero attached hydrogens (tertiary/aromatic N) is 1. The van der Waals surface area contributed by atoms with E-state index >= 15 is 0 Å². The summed E-state index contributed by atoms with van der Waals surface area (Å²) < 4.78 is 5.31. The topological polar surface area (TPSA) is 63.2 Å². The van der Waals surface area contributed by atoms with Gasteiger partial charge in [0.05, 0.1) is 24.7 Å². The first-order valence-corrected chi connectivity index (χ1v) is 8.92. The van der Waals surface area contributed by atoms with Crippen LogP contribution in [0.4, 0.5) is 17.2 Å². The van der Waals surface area contributed by atoms with Crippen LogP contribution in [0.1, 0.15) is 12.0 Å². The van der Waals surface area contributed by atoms with E-state index < -0.39 is 0 Å². The molecule has 0 fully saturated rings. The van der Waals surface area contributed by atoms with Crippen molar-refractivity contribution in [1.29, 1.82) is 0 Å². The molecule has 0 aliphatic rings. The Bertz CT molecular complexity index is 899. The number of aryl methyl sites for hydroxylation is 1. The van der Waals surface area contributed by atoms with Crippen molar-refractivity contribution < 1.29 is 9.53 Å². The van der Waals surface area contributed by atoms with Crippen molar-refractivity contribution in [2.75, 3.05) is 17.7 Å². The Morgan fingerprint density at radius 3 is 2.63 bits per heavy atom. The molecule has 3 aromatic rings. The number of benzene rings is 2. The molecule has 0 unspecified atom stereocenters. The van der Waals surface area contributed by atoms with Gasteiger partial charge in [-0.15, -0.1) is 0 Å². The van der Waals surface area contributed by atoms with Gasteiger partial charge in [-0.25, -0.2) is 4.98 Å². The smallest absolute Gasteiger partial charge is 0.225 e. The van der Waals surface area contributed by atoms with Crippen molar-refractivity contribution in [3.63, 3.8) is 0 Å². The van der Waals surface area contributed by atoms with Crippen LogP contribution in [0.5, 0.6) is 5.75 Å². The zero-order valence-corrected chi connectivity index (χ0v) is 15.7. The molecule has 0 bridgehead atoms. The van der Waals surface area contributed by atoms with Crippen molar-refractivity contribution in [3.05, 3.63) is 77.4 Å².